The van der Waals surface area contributed by atoms with E-state index in [2.05, 4.69) is 29.2 Å². The van der Waals surface area contributed by atoms with E-state index in [4.69, 9.17) is 0 Å². The molecule has 2 saturated heterocycles. The van der Waals surface area contributed by atoms with E-state index in [1.165, 1.54) is 0 Å². The van der Waals surface area contributed by atoms with Gasteiger partial charge in [0, 0.05) is 38.0 Å². The van der Waals surface area contributed by atoms with Crippen LogP contribution in [0.15, 0.2) is 0 Å². The summed E-state index contributed by atoms with van der Waals surface area (Å²) in [5.41, 5.74) is 0. The Morgan fingerprint density at radius 1 is 1.18 bits per heavy atom. The van der Waals surface area contributed by atoms with Crippen molar-refractivity contribution in [3.63, 3.8) is 0 Å². The minimum Gasteiger partial charge on any atom is -0.311 e. The maximum atomic E-state index is 12.2. The van der Waals surface area contributed by atoms with Crippen LogP contribution in [0.1, 0.15) is 19.3 Å². The van der Waals surface area contributed by atoms with Crippen molar-refractivity contribution in [2.24, 2.45) is 5.92 Å². The number of piperidine rings is 1. The topological polar surface area (TPSA) is 35.6 Å². The van der Waals surface area contributed by atoms with Crippen molar-refractivity contribution < 1.29 is 4.79 Å². The molecule has 0 saturated carbocycles. The Balaban J connectivity index is 1.76. The molecular formula is C13H25N3O. The van der Waals surface area contributed by atoms with Crippen LogP contribution >= 0.6 is 0 Å². The van der Waals surface area contributed by atoms with E-state index in [9.17, 15) is 4.79 Å². The Bertz CT molecular complexity index is 261. The molecule has 2 fully saturated rings. The highest BCUT2D eigenvalue weighted by molar-refractivity contribution is 5.81. The van der Waals surface area contributed by atoms with E-state index in [1.807, 2.05) is 0 Å². The summed E-state index contributed by atoms with van der Waals surface area (Å²) in [5.74, 6) is 0.797. The molecule has 17 heavy (non-hydrogen) atoms. The molecular weight excluding hydrogens is 214 g/mol. The number of likely N-dealkylation sites (tertiary alicyclic amines) is 1. The zero-order valence-electron chi connectivity index (χ0n) is 11.1. The second kappa shape index (κ2) is 5.94. The van der Waals surface area contributed by atoms with Gasteiger partial charge in [-0.1, -0.05) is 0 Å². The Hall–Kier alpha value is -0.450. The predicted molar refractivity (Wildman–Crippen MR) is 69.1 cm³/mol. The Morgan fingerprint density at radius 3 is 2.53 bits per heavy atom. The Morgan fingerprint density at radius 2 is 1.88 bits per heavy atom. The van der Waals surface area contributed by atoms with Gasteiger partial charge in [-0.3, -0.25) is 4.79 Å². The molecule has 4 heteroatoms. The monoisotopic (exact) mass is 239 g/mol. The van der Waals surface area contributed by atoms with Gasteiger partial charge < -0.3 is 15.1 Å². The van der Waals surface area contributed by atoms with Gasteiger partial charge in [-0.25, -0.2) is 0 Å². The molecule has 2 heterocycles. The second-order valence-electron chi connectivity index (χ2n) is 5.66. The summed E-state index contributed by atoms with van der Waals surface area (Å²) in [6, 6.07) is 0.376. The first-order valence-corrected chi connectivity index (χ1v) is 6.78. The van der Waals surface area contributed by atoms with Gasteiger partial charge in [0.25, 0.3) is 0 Å². The molecule has 0 spiro atoms. The first kappa shape index (κ1) is 13.0. The van der Waals surface area contributed by atoms with Gasteiger partial charge in [-0.15, -0.1) is 0 Å². The Kier molecular flexibility index (Phi) is 4.54. The van der Waals surface area contributed by atoms with Crippen molar-refractivity contribution in [2.45, 2.75) is 25.3 Å². The van der Waals surface area contributed by atoms with E-state index in [0.29, 0.717) is 17.7 Å². The molecule has 2 rings (SSSR count). The predicted octanol–water partition coefficient (Wildman–Crippen LogP) is 0.191. The molecule has 2 aliphatic rings. The van der Waals surface area contributed by atoms with Crippen molar-refractivity contribution in [1.82, 2.24) is 15.1 Å². The number of nitrogens with one attached hydrogen (secondary N) is 1. The number of carbonyl (C=O) groups is 1. The summed E-state index contributed by atoms with van der Waals surface area (Å²) >= 11 is 0. The van der Waals surface area contributed by atoms with Crippen molar-refractivity contribution in [3.05, 3.63) is 0 Å². The molecule has 0 aliphatic carbocycles. The van der Waals surface area contributed by atoms with Crippen molar-refractivity contribution >= 4 is 5.78 Å². The summed E-state index contributed by atoms with van der Waals surface area (Å²) in [4.78, 5) is 16.8. The number of Topliss-reactive ketones (excluding diaryl/α,β-unsaturated/α-hetero) is 1. The molecule has 2 aliphatic heterocycles. The van der Waals surface area contributed by atoms with Gasteiger partial charge in [0.1, 0.15) is 5.78 Å². The van der Waals surface area contributed by atoms with Gasteiger partial charge in [0.2, 0.25) is 0 Å². The van der Waals surface area contributed by atoms with E-state index in [1.54, 1.807) is 0 Å². The van der Waals surface area contributed by atoms with Crippen molar-refractivity contribution in [3.8, 4) is 0 Å². The molecule has 1 N–H and O–H groups in total. The van der Waals surface area contributed by atoms with Crippen LogP contribution in [0, 0.1) is 5.92 Å². The molecule has 0 radical (unpaired) electrons. The first-order chi connectivity index (χ1) is 8.15. The average molecular weight is 239 g/mol. The molecule has 0 aromatic heterocycles. The maximum Gasteiger partial charge on any atom is 0.137 e. The summed E-state index contributed by atoms with van der Waals surface area (Å²) < 4.78 is 0. The number of hydrogen-bond acceptors (Lipinski definition) is 4. The summed E-state index contributed by atoms with van der Waals surface area (Å²) in [6.07, 6.45) is 2.83. The van der Waals surface area contributed by atoms with E-state index >= 15 is 0 Å². The molecule has 0 aromatic rings. The van der Waals surface area contributed by atoms with Crippen LogP contribution in [0.25, 0.3) is 0 Å². The van der Waals surface area contributed by atoms with Crippen LogP contribution in [0.3, 0.4) is 0 Å². The SMILES string of the molecule is CN1CCC(C(=O)CC2CN(C)CCN2)CC1. The number of rotatable bonds is 3. The van der Waals surface area contributed by atoms with Gasteiger partial charge >= 0.3 is 0 Å². The third-order valence-corrected chi connectivity index (χ3v) is 4.08. The van der Waals surface area contributed by atoms with Gasteiger partial charge in [-0.2, -0.15) is 0 Å². The summed E-state index contributed by atoms with van der Waals surface area (Å²) in [5, 5.41) is 3.46. The molecule has 0 bridgehead atoms. The molecule has 4 nitrogen and oxygen atoms in total. The van der Waals surface area contributed by atoms with Gasteiger partial charge in [0.05, 0.1) is 0 Å². The maximum absolute atomic E-state index is 12.2. The second-order valence-corrected chi connectivity index (χ2v) is 5.66. The first-order valence-electron chi connectivity index (χ1n) is 6.78. The minimum absolute atomic E-state index is 0.320. The number of hydrogen-bond donors (Lipinski definition) is 1. The van der Waals surface area contributed by atoms with Crippen molar-refractivity contribution in [2.75, 3.05) is 46.8 Å². The van der Waals surface area contributed by atoms with E-state index in [-0.39, 0.29) is 0 Å². The van der Waals surface area contributed by atoms with E-state index in [0.717, 1.165) is 52.0 Å². The van der Waals surface area contributed by atoms with Crippen LogP contribution in [0.4, 0.5) is 0 Å². The number of piperazine rings is 1. The smallest absolute Gasteiger partial charge is 0.137 e. The number of carbonyl (C=O) groups excluding carboxylic acids is 1. The average Bonchev–Trinajstić information content (AvgIpc) is 2.29. The van der Waals surface area contributed by atoms with Crippen LogP contribution in [-0.2, 0) is 4.79 Å². The largest absolute Gasteiger partial charge is 0.311 e. The third kappa shape index (κ3) is 3.76. The minimum atomic E-state index is 0.320. The molecule has 98 valence electrons. The normalized spacial score (nSPS) is 29.4. The van der Waals surface area contributed by atoms with Crippen LogP contribution in [-0.4, -0.2) is 68.4 Å². The Labute approximate surface area is 104 Å². The van der Waals surface area contributed by atoms with Crippen LogP contribution in [0.2, 0.25) is 0 Å². The number of likely N-dealkylation sites (N-methyl/N-ethyl adjacent to an activating group) is 1. The van der Waals surface area contributed by atoms with Gasteiger partial charge in [-0.05, 0) is 40.0 Å². The van der Waals surface area contributed by atoms with Crippen molar-refractivity contribution in [1.29, 1.82) is 0 Å². The number of ketones is 1. The molecule has 0 amide bonds. The fourth-order valence-corrected chi connectivity index (χ4v) is 2.87. The molecule has 1 unspecified atom stereocenters. The summed E-state index contributed by atoms with van der Waals surface area (Å²) in [7, 11) is 4.27. The van der Waals surface area contributed by atoms with Crippen LogP contribution < -0.4 is 5.32 Å². The highest BCUT2D eigenvalue weighted by atomic mass is 16.1. The zero-order chi connectivity index (χ0) is 12.3. The standard InChI is InChI=1S/C13H25N3O/c1-15-6-3-11(4-7-15)13(17)9-12-10-16(2)8-5-14-12/h11-12,14H,3-10H2,1-2H3. The fourth-order valence-electron chi connectivity index (χ4n) is 2.87. The lowest BCUT2D eigenvalue weighted by Gasteiger charge is -2.33. The molecule has 0 aromatic carbocycles. The zero-order valence-corrected chi connectivity index (χ0v) is 11.1. The third-order valence-electron chi connectivity index (χ3n) is 4.08. The highest BCUT2D eigenvalue weighted by Crippen LogP contribution is 2.19. The van der Waals surface area contributed by atoms with E-state index < -0.39 is 0 Å². The lowest BCUT2D eigenvalue weighted by molar-refractivity contribution is -0.124. The quantitative estimate of drug-likeness (QED) is 0.763. The lowest BCUT2D eigenvalue weighted by atomic mass is 9.89. The fraction of sp³-hybridized carbons (Fsp3) is 0.923. The lowest BCUT2D eigenvalue weighted by Crippen LogP contribution is -2.50. The van der Waals surface area contributed by atoms with Crippen LogP contribution in [0.5, 0.6) is 0 Å². The van der Waals surface area contributed by atoms with Gasteiger partial charge in [0.15, 0.2) is 0 Å². The highest BCUT2D eigenvalue weighted by Gasteiger charge is 2.26. The number of nitrogens with zero attached hydrogens (tertiary/aromatic N) is 2. The molecule has 1 atom stereocenters. The summed E-state index contributed by atoms with van der Waals surface area (Å²) in [6.45, 7) is 5.28.